The van der Waals surface area contributed by atoms with Crippen LogP contribution in [-0.2, 0) is 0 Å². The number of hydrogen-bond donors (Lipinski definition) is 1. The number of fused-ring (bicyclic) bond motifs is 1. The smallest absolute Gasteiger partial charge is 0.193 e. The van der Waals surface area contributed by atoms with E-state index in [2.05, 4.69) is 15.1 Å². The van der Waals surface area contributed by atoms with Crippen LogP contribution in [-0.4, -0.2) is 19.7 Å². The number of pyridine rings is 1. The Bertz CT molecular complexity index is 697. The normalized spacial score (nSPS) is 11.2. The molecule has 0 atom stereocenters. The Kier molecular flexibility index (Phi) is 1.91. The molecule has 0 radical (unpaired) electrons. The molecule has 0 spiro atoms. The first-order valence-electron chi connectivity index (χ1n) is 5.19. The van der Waals surface area contributed by atoms with E-state index in [0.29, 0.717) is 22.9 Å². The van der Waals surface area contributed by atoms with Crippen molar-refractivity contribution in [1.29, 1.82) is 0 Å². The highest BCUT2D eigenvalue weighted by atomic mass is 16.3. The van der Waals surface area contributed by atoms with E-state index in [1.165, 1.54) is 0 Å². The van der Waals surface area contributed by atoms with Crippen molar-refractivity contribution < 1.29 is 4.42 Å². The highest BCUT2D eigenvalue weighted by Crippen LogP contribution is 2.22. The van der Waals surface area contributed by atoms with Gasteiger partial charge >= 0.3 is 0 Å². The zero-order chi connectivity index (χ0) is 12.0. The van der Waals surface area contributed by atoms with Crippen molar-refractivity contribution >= 4 is 16.7 Å². The van der Waals surface area contributed by atoms with Crippen molar-refractivity contribution in [2.45, 2.75) is 13.8 Å². The predicted octanol–water partition coefficient (Wildman–Crippen LogP) is 1.61. The molecule has 0 unspecified atom stereocenters. The van der Waals surface area contributed by atoms with E-state index in [-0.39, 0.29) is 0 Å². The fourth-order valence-electron chi connectivity index (χ4n) is 1.79. The van der Waals surface area contributed by atoms with Gasteiger partial charge in [0.2, 0.25) is 0 Å². The van der Waals surface area contributed by atoms with Crippen LogP contribution in [0.15, 0.2) is 22.9 Å². The Balaban J connectivity index is 2.31. The van der Waals surface area contributed by atoms with Gasteiger partial charge < -0.3 is 10.2 Å². The molecule has 6 heteroatoms. The Hall–Kier alpha value is -2.37. The lowest BCUT2D eigenvalue weighted by molar-refractivity contribution is 0.520. The summed E-state index contributed by atoms with van der Waals surface area (Å²) in [6, 6.07) is 1.73. The highest BCUT2D eigenvalue weighted by Gasteiger charge is 2.14. The molecule has 6 nitrogen and oxygen atoms in total. The summed E-state index contributed by atoms with van der Waals surface area (Å²) >= 11 is 0. The van der Waals surface area contributed by atoms with Crippen LogP contribution in [0.25, 0.3) is 16.9 Å². The summed E-state index contributed by atoms with van der Waals surface area (Å²) in [5.41, 5.74) is 8.83. The van der Waals surface area contributed by atoms with Gasteiger partial charge in [-0.3, -0.25) is 4.98 Å². The van der Waals surface area contributed by atoms with Gasteiger partial charge in [-0.2, -0.15) is 10.1 Å². The second-order valence-corrected chi connectivity index (χ2v) is 3.82. The lowest BCUT2D eigenvalue weighted by Gasteiger charge is -1.95. The van der Waals surface area contributed by atoms with Gasteiger partial charge in [0.05, 0.1) is 11.4 Å². The minimum Gasteiger partial charge on any atom is -0.447 e. The van der Waals surface area contributed by atoms with Crippen molar-refractivity contribution in [3.05, 3.63) is 30.1 Å². The number of aryl methyl sites for hydroxylation is 2. The molecule has 0 aromatic carbocycles. The highest BCUT2D eigenvalue weighted by molar-refractivity contribution is 5.87. The van der Waals surface area contributed by atoms with Crippen LogP contribution < -0.4 is 5.73 Å². The molecule has 3 rings (SSSR count). The summed E-state index contributed by atoms with van der Waals surface area (Å²) in [5.74, 6) is 1.23. The van der Waals surface area contributed by atoms with Gasteiger partial charge in [0, 0.05) is 13.1 Å². The van der Waals surface area contributed by atoms with Crippen LogP contribution in [0.4, 0.5) is 5.69 Å². The van der Waals surface area contributed by atoms with Gasteiger partial charge in [-0.15, -0.1) is 0 Å². The molecule has 86 valence electrons. The number of oxazole rings is 1. The Morgan fingerprint density at radius 2 is 2.12 bits per heavy atom. The van der Waals surface area contributed by atoms with Gasteiger partial charge in [-0.25, -0.2) is 4.68 Å². The van der Waals surface area contributed by atoms with E-state index < -0.39 is 0 Å². The molecule has 0 aliphatic heterocycles. The first kappa shape index (κ1) is 9.83. The maximum Gasteiger partial charge on any atom is 0.193 e. The van der Waals surface area contributed by atoms with Crippen molar-refractivity contribution in [1.82, 2.24) is 19.7 Å². The number of nitrogens with zero attached hydrogens (tertiary/aromatic N) is 4. The van der Waals surface area contributed by atoms with Gasteiger partial charge in [-0.05, 0) is 13.0 Å². The maximum absolute atomic E-state index is 5.86. The summed E-state index contributed by atoms with van der Waals surface area (Å²) in [6.45, 7) is 3.71. The van der Waals surface area contributed by atoms with E-state index in [0.717, 1.165) is 11.2 Å². The SMILES string of the molecule is Cc1nc(-n2nc3c(N)ccnc3c2C)co1. The molecule has 0 saturated heterocycles. The third-order valence-corrected chi connectivity index (χ3v) is 2.64. The maximum atomic E-state index is 5.86. The number of nitrogen functional groups attached to an aromatic ring is 1. The Morgan fingerprint density at radius 1 is 1.29 bits per heavy atom. The molecule has 0 fully saturated rings. The predicted molar refractivity (Wildman–Crippen MR) is 62.8 cm³/mol. The fraction of sp³-hybridized carbons (Fsp3) is 0.182. The minimum absolute atomic E-state index is 0.597. The van der Waals surface area contributed by atoms with Crippen LogP contribution in [0.1, 0.15) is 11.6 Å². The van der Waals surface area contributed by atoms with Crippen LogP contribution in [0.2, 0.25) is 0 Å². The molecule has 3 aromatic rings. The quantitative estimate of drug-likeness (QED) is 0.685. The van der Waals surface area contributed by atoms with E-state index in [9.17, 15) is 0 Å². The average molecular weight is 229 g/mol. The van der Waals surface area contributed by atoms with Crippen molar-refractivity contribution in [2.24, 2.45) is 0 Å². The molecule has 17 heavy (non-hydrogen) atoms. The minimum atomic E-state index is 0.597. The lowest BCUT2D eigenvalue weighted by atomic mass is 10.3. The zero-order valence-corrected chi connectivity index (χ0v) is 9.51. The molecule has 0 amide bonds. The number of nitrogens with two attached hydrogens (primary N) is 1. The Morgan fingerprint density at radius 3 is 2.76 bits per heavy atom. The number of hydrogen-bond acceptors (Lipinski definition) is 5. The second-order valence-electron chi connectivity index (χ2n) is 3.82. The monoisotopic (exact) mass is 229 g/mol. The third-order valence-electron chi connectivity index (χ3n) is 2.64. The third kappa shape index (κ3) is 1.37. The van der Waals surface area contributed by atoms with Crippen LogP contribution in [0.3, 0.4) is 0 Å². The first-order valence-corrected chi connectivity index (χ1v) is 5.19. The molecule has 0 aliphatic carbocycles. The lowest BCUT2D eigenvalue weighted by Crippen LogP contribution is -1.99. The summed E-state index contributed by atoms with van der Waals surface area (Å²) in [4.78, 5) is 8.50. The number of aromatic nitrogens is 4. The summed E-state index contributed by atoms with van der Waals surface area (Å²) in [5, 5.41) is 4.40. The molecule has 3 heterocycles. The fourth-order valence-corrected chi connectivity index (χ4v) is 1.79. The summed E-state index contributed by atoms with van der Waals surface area (Å²) < 4.78 is 6.86. The standard InChI is InChI=1S/C11H11N5O/c1-6-10-11(8(12)3-4-13-10)15-16(6)9-5-17-7(2)14-9/h3-5H,12H2,1-2H3. The average Bonchev–Trinajstić information content (AvgIpc) is 2.85. The zero-order valence-electron chi connectivity index (χ0n) is 9.51. The van der Waals surface area contributed by atoms with E-state index in [4.69, 9.17) is 10.2 Å². The van der Waals surface area contributed by atoms with Gasteiger partial charge in [-0.1, -0.05) is 0 Å². The molecule has 3 aromatic heterocycles. The molecule has 0 bridgehead atoms. The molecule has 2 N–H and O–H groups in total. The van der Waals surface area contributed by atoms with Crippen molar-refractivity contribution in [3.8, 4) is 5.82 Å². The second kappa shape index (κ2) is 3.31. The van der Waals surface area contributed by atoms with Crippen molar-refractivity contribution in [3.63, 3.8) is 0 Å². The summed E-state index contributed by atoms with van der Waals surface area (Å²) in [7, 11) is 0. The van der Waals surface area contributed by atoms with Gasteiger partial charge in [0.15, 0.2) is 11.7 Å². The van der Waals surface area contributed by atoms with Crippen LogP contribution >= 0.6 is 0 Å². The first-order chi connectivity index (χ1) is 8.16. The molecule has 0 aliphatic rings. The Labute approximate surface area is 97.1 Å². The largest absolute Gasteiger partial charge is 0.447 e. The molecular weight excluding hydrogens is 218 g/mol. The molecule has 0 saturated carbocycles. The van der Waals surface area contributed by atoms with Crippen LogP contribution in [0.5, 0.6) is 0 Å². The van der Waals surface area contributed by atoms with Crippen molar-refractivity contribution in [2.75, 3.05) is 5.73 Å². The van der Waals surface area contributed by atoms with Gasteiger partial charge in [0.1, 0.15) is 17.3 Å². The van der Waals surface area contributed by atoms with Gasteiger partial charge in [0.25, 0.3) is 0 Å². The number of rotatable bonds is 1. The summed E-state index contributed by atoms with van der Waals surface area (Å²) in [6.07, 6.45) is 3.23. The van der Waals surface area contributed by atoms with E-state index in [1.807, 2.05) is 6.92 Å². The van der Waals surface area contributed by atoms with Crippen LogP contribution in [0, 0.1) is 13.8 Å². The topological polar surface area (TPSA) is 82.8 Å². The van der Waals surface area contributed by atoms with E-state index >= 15 is 0 Å². The van der Waals surface area contributed by atoms with E-state index in [1.54, 1.807) is 30.1 Å². The molecular formula is C11H11N5O. The number of anilines is 1.